The van der Waals surface area contributed by atoms with E-state index in [1.54, 1.807) is 18.7 Å². The van der Waals surface area contributed by atoms with E-state index in [0.717, 1.165) is 0 Å². The van der Waals surface area contributed by atoms with Crippen LogP contribution in [0.4, 0.5) is 4.79 Å². The molecule has 0 bridgehead atoms. The fraction of sp³-hybridized carbons (Fsp3) is 0.727. The van der Waals surface area contributed by atoms with Crippen molar-refractivity contribution in [2.24, 2.45) is 5.92 Å². The van der Waals surface area contributed by atoms with Crippen molar-refractivity contribution in [3.05, 3.63) is 0 Å². The molecule has 104 valence electrons. The zero-order chi connectivity index (χ0) is 14.1. The quantitative estimate of drug-likeness (QED) is 0.592. The van der Waals surface area contributed by atoms with Crippen LogP contribution < -0.4 is 10.6 Å². The Bertz CT molecular complexity index is 307. The maximum absolute atomic E-state index is 11.5. The Morgan fingerprint density at radius 3 is 2.33 bits per heavy atom. The summed E-state index contributed by atoms with van der Waals surface area (Å²) in [5, 5.41) is 13.4. The van der Waals surface area contributed by atoms with E-state index >= 15 is 0 Å². The third kappa shape index (κ3) is 6.85. The maximum atomic E-state index is 11.5. The summed E-state index contributed by atoms with van der Waals surface area (Å²) < 4.78 is 0. The van der Waals surface area contributed by atoms with Crippen molar-refractivity contribution in [3.63, 3.8) is 0 Å². The van der Waals surface area contributed by atoms with Crippen molar-refractivity contribution >= 4 is 17.9 Å². The number of carbonyl (C=O) groups is 3. The highest BCUT2D eigenvalue weighted by Crippen LogP contribution is 1.99. The zero-order valence-electron chi connectivity index (χ0n) is 11.0. The Morgan fingerprint density at radius 1 is 1.28 bits per heavy atom. The molecule has 0 aromatic rings. The lowest BCUT2D eigenvalue weighted by Crippen LogP contribution is -2.45. The first kappa shape index (κ1) is 16.4. The Kier molecular flexibility index (Phi) is 7.69. The molecule has 3 N–H and O–H groups in total. The van der Waals surface area contributed by atoms with Crippen molar-refractivity contribution in [1.82, 2.24) is 15.5 Å². The molecule has 0 aromatic heterocycles. The fourth-order valence-electron chi connectivity index (χ4n) is 1.34. The molecular formula is C11H21N3O4. The zero-order valence-corrected chi connectivity index (χ0v) is 11.0. The van der Waals surface area contributed by atoms with Crippen LogP contribution in [0, 0.1) is 5.92 Å². The van der Waals surface area contributed by atoms with Crippen molar-refractivity contribution < 1.29 is 19.5 Å². The van der Waals surface area contributed by atoms with Crippen molar-refractivity contribution in [2.75, 3.05) is 26.2 Å². The Labute approximate surface area is 107 Å². The Hall–Kier alpha value is -1.63. The second kappa shape index (κ2) is 8.46. The van der Waals surface area contributed by atoms with Gasteiger partial charge in [0.1, 0.15) is 0 Å². The molecule has 0 heterocycles. The van der Waals surface area contributed by atoms with Crippen LogP contribution in [0.1, 0.15) is 20.8 Å². The number of urea groups is 1. The number of rotatable bonds is 7. The van der Waals surface area contributed by atoms with Gasteiger partial charge >= 0.3 is 12.0 Å². The van der Waals surface area contributed by atoms with E-state index in [2.05, 4.69) is 10.6 Å². The van der Waals surface area contributed by atoms with Gasteiger partial charge in [-0.25, -0.2) is 4.79 Å². The van der Waals surface area contributed by atoms with Gasteiger partial charge in [0.25, 0.3) is 0 Å². The molecule has 0 rings (SSSR count). The molecule has 0 aliphatic heterocycles. The van der Waals surface area contributed by atoms with Gasteiger partial charge in [-0.2, -0.15) is 0 Å². The molecule has 0 spiro atoms. The van der Waals surface area contributed by atoms with Gasteiger partial charge in [0.15, 0.2) is 0 Å². The molecule has 0 aromatic carbocycles. The minimum Gasteiger partial charge on any atom is -0.481 e. The fourth-order valence-corrected chi connectivity index (χ4v) is 1.34. The lowest BCUT2D eigenvalue weighted by Gasteiger charge is -2.21. The number of likely N-dealkylation sites (N-methyl/N-ethyl adjacent to an activating group) is 1. The first-order valence-electron chi connectivity index (χ1n) is 5.93. The van der Waals surface area contributed by atoms with Crippen LogP contribution in [0.2, 0.25) is 0 Å². The first-order chi connectivity index (χ1) is 8.40. The molecule has 1 atom stereocenters. The maximum Gasteiger partial charge on any atom is 0.321 e. The van der Waals surface area contributed by atoms with Crippen molar-refractivity contribution in [1.29, 1.82) is 0 Å². The number of hydrogen-bond acceptors (Lipinski definition) is 4. The van der Waals surface area contributed by atoms with Gasteiger partial charge in [-0.1, -0.05) is 13.8 Å². The average molecular weight is 259 g/mol. The van der Waals surface area contributed by atoms with Crippen LogP contribution in [-0.2, 0) is 9.59 Å². The highest BCUT2D eigenvalue weighted by Gasteiger charge is 2.17. The minimum atomic E-state index is -0.905. The molecule has 0 aliphatic rings. The van der Waals surface area contributed by atoms with Gasteiger partial charge in [-0.15, -0.1) is 0 Å². The predicted molar refractivity (Wildman–Crippen MR) is 66.1 cm³/mol. The highest BCUT2D eigenvalue weighted by molar-refractivity contribution is 5.95. The summed E-state index contributed by atoms with van der Waals surface area (Å²) in [6, 6.07) is -0.537. The molecule has 0 fully saturated rings. The number of carbonyl (C=O) groups excluding carboxylic acids is 2. The number of carboxylic acid groups (broad SMARTS) is 1. The monoisotopic (exact) mass is 259 g/mol. The van der Waals surface area contributed by atoms with Gasteiger partial charge in [0.05, 0.1) is 12.5 Å². The summed E-state index contributed by atoms with van der Waals surface area (Å²) in [4.78, 5) is 35.0. The highest BCUT2D eigenvalue weighted by atomic mass is 16.4. The van der Waals surface area contributed by atoms with Crippen LogP contribution in [0.25, 0.3) is 0 Å². The van der Waals surface area contributed by atoms with E-state index in [4.69, 9.17) is 5.11 Å². The summed E-state index contributed by atoms with van der Waals surface area (Å²) in [5.41, 5.74) is 0. The molecular weight excluding hydrogens is 238 g/mol. The Balaban J connectivity index is 4.16. The molecule has 0 saturated heterocycles. The number of nitrogens with one attached hydrogen (secondary N) is 2. The second-order valence-corrected chi connectivity index (χ2v) is 3.97. The van der Waals surface area contributed by atoms with Gasteiger partial charge < -0.3 is 10.4 Å². The van der Waals surface area contributed by atoms with E-state index in [-0.39, 0.29) is 13.1 Å². The van der Waals surface area contributed by atoms with Crippen LogP contribution in [-0.4, -0.2) is 54.1 Å². The number of imide groups is 1. The standard InChI is InChI=1S/C11H21N3O4/c1-4-12-11(18)13-9(15)7-14(5-2)6-8(3)10(16)17/h8H,4-7H2,1-3H3,(H,16,17)(H2,12,13,15,18). The van der Waals surface area contributed by atoms with Crippen molar-refractivity contribution in [2.45, 2.75) is 20.8 Å². The van der Waals surface area contributed by atoms with Crippen LogP contribution in [0.3, 0.4) is 0 Å². The molecule has 0 radical (unpaired) electrons. The summed E-state index contributed by atoms with van der Waals surface area (Å²) in [7, 11) is 0. The molecule has 7 heteroatoms. The molecule has 0 saturated carbocycles. The predicted octanol–water partition coefficient (Wildman–Crippen LogP) is -0.125. The van der Waals surface area contributed by atoms with Gasteiger partial charge in [-0.3, -0.25) is 19.8 Å². The van der Waals surface area contributed by atoms with Gasteiger partial charge in [-0.05, 0) is 13.5 Å². The summed E-state index contributed by atoms with van der Waals surface area (Å²) in [6.45, 7) is 6.41. The third-order valence-electron chi connectivity index (χ3n) is 2.36. The molecule has 18 heavy (non-hydrogen) atoms. The minimum absolute atomic E-state index is 0.00521. The number of nitrogens with zero attached hydrogens (tertiary/aromatic N) is 1. The second-order valence-electron chi connectivity index (χ2n) is 3.97. The first-order valence-corrected chi connectivity index (χ1v) is 5.93. The number of aliphatic carboxylic acids is 1. The smallest absolute Gasteiger partial charge is 0.321 e. The molecule has 1 unspecified atom stereocenters. The Morgan fingerprint density at radius 2 is 1.89 bits per heavy atom. The SMILES string of the molecule is CCNC(=O)NC(=O)CN(CC)CC(C)C(=O)O. The number of hydrogen-bond donors (Lipinski definition) is 3. The topological polar surface area (TPSA) is 98.7 Å². The number of amides is 3. The van der Waals surface area contributed by atoms with Crippen molar-refractivity contribution in [3.8, 4) is 0 Å². The lowest BCUT2D eigenvalue weighted by atomic mass is 10.1. The van der Waals surface area contributed by atoms with Gasteiger partial charge in [0, 0.05) is 13.1 Å². The normalized spacial score (nSPS) is 12.0. The van der Waals surface area contributed by atoms with E-state index in [9.17, 15) is 14.4 Å². The number of carboxylic acids is 1. The van der Waals surface area contributed by atoms with Crippen LogP contribution in [0.5, 0.6) is 0 Å². The summed E-state index contributed by atoms with van der Waals surface area (Å²) in [5.74, 6) is -1.90. The average Bonchev–Trinajstić information content (AvgIpc) is 2.27. The van der Waals surface area contributed by atoms with E-state index in [0.29, 0.717) is 13.1 Å². The van der Waals surface area contributed by atoms with E-state index in [1.807, 2.05) is 6.92 Å². The largest absolute Gasteiger partial charge is 0.481 e. The lowest BCUT2D eigenvalue weighted by molar-refractivity contribution is -0.142. The van der Waals surface area contributed by atoms with E-state index < -0.39 is 23.8 Å². The summed E-state index contributed by atoms with van der Waals surface area (Å²) in [6.07, 6.45) is 0. The molecule has 3 amide bonds. The van der Waals surface area contributed by atoms with Crippen LogP contribution >= 0.6 is 0 Å². The van der Waals surface area contributed by atoms with Crippen LogP contribution in [0.15, 0.2) is 0 Å². The molecule has 7 nitrogen and oxygen atoms in total. The van der Waals surface area contributed by atoms with Gasteiger partial charge in [0.2, 0.25) is 5.91 Å². The van der Waals surface area contributed by atoms with E-state index in [1.165, 1.54) is 0 Å². The third-order valence-corrected chi connectivity index (χ3v) is 2.36. The molecule has 0 aliphatic carbocycles. The summed E-state index contributed by atoms with van der Waals surface area (Å²) >= 11 is 0.